The van der Waals surface area contributed by atoms with Gasteiger partial charge < -0.3 is 10.2 Å². The lowest BCUT2D eigenvalue weighted by Crippen LogP contribution is -2.20. The molecular formula is C16H30O4. The van der Waals surface area contributed by atoms with E-state index >= 15 is 0 Å². The van der Waals surface area contributed by atoms with Gasteiger partial charge in [-0.25, -0.2) is 0 Å². The molecule has 3 atom stereocenters. The van der Waals surface area contributed by atoms with Crippen molar-refractivity contribution >= 4 is 11.9 Å². The highest BCUT2D eigenvalue weighted by atomic mass is 16.4. The van der Waals surface area contributed by atoms with Crippen LogP contribution in [0.4, 0.5) is 0 Å². The maximum absolute atomic E-state index is 11.3. The van der Waals surface area contributed by atoms with Crippen molar-refractivity contribution in [3.63, 3.8) is 0 Å². The third kappa shape index (κ3) is 8.18. The van der Waals surface area contributed by atoms with E-state index in [1.54, 1.807) is 6.92 Å². The minimum Gasteiger partial charge on any atom is -0.481 e. The molecule has 0 saturated heterocycles. The quantitative estimate of drug-likeness (QED) is 0.601. The van der Waals surface area contributed by atoms with Crippen LogP contribution in [-0.2, 0) is 9.59 Å². The van der Waals surface area contributed by atoms with Crippen molar-refractivity contribution in [3.05, 3.63) is 0 Å². The molecule has 0 saturated carbocycles. The van der Waals surface area contributed by atoms with E-state index in [1.807, 2.05) is 13.8 Å². The van der Waals surface area contributed by atoms with E-state index in [2.05, 4.69) is 6.92 Å². The van der Waals surface area contributed by atoms with Gasteiger partial charge in [0.2, 0.25) is 0 Å². The number of aliphatic carboxylic acids is 2. The molecule has 20 heavy (non-hydrogen) atoms. The summed E-state index contributed by atoms with van der Waals surface area (Å²) in [7, 11) is 0. The Labute approximate surface area is 122 Å². The van der Waals surface area contributed by atoms with Crippen molar-refractivity contribution in [2.24, 2.45) is 23.7 Å². The third-order valence-electron chi connectivity index (χ3n) is 3.97. The van der Waals surface area contributed by atoms with Crippen LogP contribution >= 0.6 is 0 Å². The molecule has 4 heteroatoms. The van der Waals surface area contributed by atoms with Crippen LogP contribution in [0.1, 0.15) is 66.2 Å². The Kier molecular flexibility index (Phi) is 9.26. The fourth-order valence-corrected chi connectivity index (χ4v) is 2.59. The molecule has 3 unspecified atom stereocenters. The summed E-state index contributed by atoms with van der Waals surface area (Å²) >= 11 is 0. The van der Waals surface area contributed by atoms with Gasteiger partial charge >= 0.3 is 11.9 Å². The molecule has 0 aromatic rings. The highest BCUT2D eigenvalue weighted by Crippen LogP contribution is 2.26. The molecular weight excluding hydrogens is 256 g/mol. The van der Waals surface area contributed by atoms with Crippen LogP contribution in [0.15, 0.2) is 0 Å². The van der Waals surface area contributed by atoms with Crippen LogP contribution in [-0.4, -0.2) is 22.2 Å². The lowest BCUT2D eigenvalue weighted by Gasteiger charge is -2.21. The van der Waals surface area contributed by atoms with Gasteiger partial charge in [0.05, 0.1) is 11.8 Å². The number of hydrogen-bond donors (Lipinski definition) is 2. The zero-order valence-electron chi connectivity index (χ0n) is 13.3. The Hall–Kier alpha value is -1.06. The van der Waals surface area contributed by atoms with Gasteiger partial charge in [-0.05, 0) is 31.1 Å². The zero-order chi connectivity index (χ0) is 15.7. The van der Waals surface area contributed by atoms with Gasteiger partial charge in [0.15, 0.2) is 0 Å². The second-order valence-electron chi connectivity index (χ2n) is 6.34. The molecule has 4 nitrogen and oxygen atoms in total. The molecule has 0 bridgehead atoms. The summed E-state index contributed by atoms with van der Waals surface area (Å²) in [5.41, 5.74) is 0. The fraction of sp³-hybridized carbons (Fsp3) is 0.875. The average molecular weight is 286 g/mol. The van der Waals surface area contributed by atoms with E-state index in [4.69, 9.17) is 5.11 Å². The van der Waals surface area contributed by atoms with E-state index in [9.17, 15) is 14.7 Å². The largest absolute Gasteiger partial charge is 0.481 e. The molecule has 0 heterocycles. The predicted molar refractivity (Wildman–Crippen MR) is 79.6 cm³/mol. The molecule has 118 valence electrons. The lowest BCUT2D eigenvalue weighted by atomic mass is 9.84. The summed E-state index contributed by atoms with van der Waals surface area (Å²) < 4.78 is 0. The van der Waals surface area contributed by atoms with Gasteiger partial charge in [0.25, 0.3) is 0 Å². The van der Waals surface area contributed by atoms with Crippen LogP contribution in [0, 0.1) is 23.7 Å². The highest BCUT2D eigenvalue weighted by molar-refractivity contribution is 5.70. The minimum absolute atomic E-state index is 0.267. The van der Waals surface area contributed by atoms with Gasteiger partial charge in [-0.1, -0.05) is 47.0 Å². The fourth-order valence-electron chi connectivity index (χ4n) is 2.59. The van der Waals surface area contributed by atoms with Crippen molar-refractivity contribution in [1.82, 2.24) is 0 Å². The predicted octanol–water partition coefficient (Wildman–Crippen LogP) is 4.04. The molecule has 0 aliphatic rings. The van der Waals surface area contributed by atoms with E-state index in [0.717, 1.165) is 25.7 Å². The maximum atomic E-state index is 11.3. The molecule has 0 aromatic carbocycles. The van der Waals surface area contributed by atoms with Gasteiger partial charge in [0.1, 0.15) is 0 Å². The second kappa shape index (κ2) is 9.78. The van der Waals surface area contributed by atoms with E-state index in [0.29, 0.717) is 24.7 Å². The normalized spacial score (nSPS) is 15.8. The molecule has 0 aromatic heterocycles. The van der Waals surface area contributed by atoms with Crippen LogP contribution in [0.2, 0.25) is 0 Å². The molecule has 0 amide bonds. The van der Waals surface area contributed by atoms with E-state index in [1.165, 1.54) is 0 Å². The van der Waals surface area contributed by atoms with Crippen molar-refractivity contribution < 1.29 is 19.8 Å². The Bertz CT molecular complexity index is 299. The lowest BCUT2D eigenvalue weighted by molar-refractivity contribution is -0.143. The molecule has 0 rings (SSSR count). The first kappa shape index (κ1) is 18.9. The molecule has 0 fully saturated rings. The van der Waals surface area contributed by atoms with Crippen LogP contribution in [0.25, 0.3) is 0 Å². The number of carboxylic acids is 2. The monoisotopic (exact) mass is 286 g/mol. The van der Waals surface area contributed by atoms with Gasteiger partial charge in [-0.15, -0.1) is 0 Å². The maximum Gasteiger partial charge on any atom is 0.306 e. The van der Waals surface area contributed by atoms with Crippen molar-refractivity contribution in [2.45, 2.75) is 66.2 Å². The first-order valence-corrected chi connectivity index (χ1v) is 7.73. The third-order valence-corrected chi connectivity index (χ3v) is 3.97. The van der Waals surface area contributed by atoms with E-state index in [-0.39, 0.29) is 11.8 Å². The number of hydrogen-bond acceptors (Lipinski definition) is 2. The molecule has 0 aliphatic heterocycles. The molecule has 0 spiro atoms. The first-order valence-electron chi connectivity index (χ1n) is 7.73. The Morgan fingerprint density at radius 2 is 1.55 bits per heavy atom. The van der Waals surface area contributed by atoms with Crippen molar-refractivity contribution in [1.29, 1.82) is 0 Å². The highest BCUT2D eigenvalue weighted by Gasteiger charge is 2.23. The van der Waals surface area contributed by atoms with Gasteiger partial charge in [0, 0.05) is 0 Å². The van der Waals surface area contributed by atoms with E-state index < -0.39 is 11.9 Å². The number of carbonyl (C=O) groups is 2. The summed E-state index contributed by atoms with van der Waals surface area (Å²) in [5, 5.41) is 18.1. The SMILES string of the molecule is CCC(CCCC(C)C(=O)O)CC(CC(C)C)C(=O)O. The minimum atomic E-state index is -0.749. The Morgan fingerprint density at radius 3 is 1.95 bits per heavy atom. The summed E-state index contributed by atoms with van der Waals surface area (Å²) in [6, 6.07) is 0. The van der Waals surface area contributed by atoms with Crippen LogP contribution in [0.5, 0.6) is 0 Å². The molecule has 0 radical (unpaired) electrons. The van der Waals surface area contributed by atoms with Crippen molar-refractivity contribution in [3.8, 4) is 0 Å². The summed E-state index contributed by atoms with van der Waals surface area (Å²) in [4.78, 5) is 22.0. The topological polar surface area (TPSA) is 74.6 Å². The average Bonchev–Trinajstić information content (AvgIpc) is 2.35. The van der Waals surface area contributed by atoms with Gasteiger partial charge in [-0.2, -0.15) is 0 Å². The summed E-state index contributed by atoms with van der Waals surface area (Å²) in [6.07, 6.45) is 4.86. The smallest absolute Gasteiger partial charge is 0.306 e. The molecule has 0 aliphatic carbocycles. The Morgan fingerprint density at radius 1 is 0.950 bits per heavy atom. The molecule has 2 N–H and O–H groups in total. The van der Waals surface area contributed by atoms with Crippen molar-refractivity contribution in [2.75, 3.05) is 0 Å². The Balaban J connectivity index is 4.23. The van der Waals surface area contributed by atoms with Gasteiger partial charge in [-0.3, -0.25) is 9.59 Å². The van der Waals surface area contributed by atoms with Crippen LogP contribution < -0.4 is 0 Å². The number of carboxylic acid groups (broad SMARTS) is 2. The zero-order valence-corrected chi connectivity index (χ0v) is 13.3. The number of rotatable bonds is 11. The first-order chi connectivity index (χ1) is 9.27. The second-order valence-corrected chi connectivity index (χ2v) is 6.34. The summed E-state index contributed by atoms with van der Waals surface area (Å²) in [5.74, 6) is -1.25. The standard InChI is InChI=1S/C16H30O4/c1-5-13(8-6-7-12(4)15(17)18)10-14(16(19)20)9-11(2)3/h11-14H,5-10H2,1-4H3,(H,17,18)(H,19,20). The van der Waals surface area contributed by atoms with Crippen LogP contribution in [0.3, 0.4) is 0 Å². The summed E-state index contributed by atoms with van der Waals surface area (Å²) in [6.45, 7) is 7.90.